The summed E-state index contributed by atoms with van der Waals surface area (Å²) < 4.78 is 5.29. The number of nitrogens with zero attached hydrogens (tertiary/aromatic N) is 2. The van der Waals surface area contributed by atoms with E-state index in [2.05, 4.69) is 5.32 Å². The van der Waals surface area contributed by atoms with Gasteiger partial charge in [-0.3, -0.25) is 9.59 Å². The summed E-state index contributed by atoms with van der Waals surface area (Å²) in [4.78, 5) is 27.3. The van der Waals surface area contributed by atoms with E-state index in [1.165, 1.54) is 6.92 Å². The van der Waals surface area contributed by atoms with Crippen molar-refractivity contribution < 1.29 is 14.3 Å². The van der Waals surface area contributed by atoms with E-state index in [1.54, 1.807) is 12.0 Å². The monoisotopic (exact) mass is 335 g/mol. The Balaban J connectivity index is 2.33. The summed E-state index contributed by atoms with van der Waals surface area (Å²) in [6.45, 7) is 3.96. The molecule has 6 nitrogen and oxygen atoms in total. The van der Waals surface area contributed by atoms with Gasteiger partial charge in [0.25, 0.3) is 0 Å². The van der Waals surface area contributed by atoms with Gasteiger partial charge in [0.05, 0.1) is 7.11 Å². The van der Waals surface area contributed by atoms with Crippen LogP contribution < -0.4 is 10.1 Å². The molecule has 6 heteroatoms. The highest BCUT2D eigenvalue weighted by molar-refractivity contribution is 5.78. The fourth-order valence-electron chi connectivity index (χ4n) is 2.32. The average Bonchev–Trinajstić information content (AvgIpc) is 2.54. The Hall–Kier alpha value is -2.08. The van der Waals surface area contributed by atoms with Gasteiger partial charge < -0.3 is 19.9 Å². The van der Waals surface area contributed by atoms with Gasteiger partial charge >= 0.3 is 0 Å². The van der Waals surface area contributed by atoms with Crippen LogP contribution in [0, 0.1) is 0 Å². The number of benzene rings is 1. The van der Waals surface area contributed by atoms with Gasteiger partial charge in [0.2, 0.25) is 11.8 Å². The number of carbonyl (C=O) groups excluding carboxylic acids is 2. The van der Waals surface area contributed by atoms with Crippen molar-refractivity contribution >= 4 is 11.8 Å². The zero-order valence-electron chi connectivity index (χ0n) is 15.2. The third kappa shape index (κ3) is 7.46. The Morgan fingerprint density at radius 2 is 1.83 bits per heavy atom. The lowest BCUT2D eigenvalue weighted by molar-refractivity contribution is -0.129. The number of ether oxygens (including phenoxy) is 1. The largest absolute Gasteiger partial charge is 0.496 e. The number of hydrogen-bond donors (Lipinski definition) is 1. The van der Waals surface area contributed by atoms with Crippen LogP contribution in [0.3, 0.4) is 0 Å². The van der Waals surface area contributed by atoms with E-state index >= 15 is 0 Å². The van der Waals surface area contributed by atoms with E-state index in [4.69, 9.17) is 4.74 Å². The molecule has 0 atom stereocenters. The predicted octanol–water partition coefficient (Wildman–Crippen LogP) is 1.15. The molecule has 1 N–H and O–H groups in total. The first-order valence-corrected chi connectivity index (χ1v) is 8.23. The second-order valence-electron chi connectivity index (χ2n) is 5.97. The van der Waals surface area contributed by atoms with Gasteiger partial charge in [-0.05, 0) is 32.1 Å². The Morgan fingerprint density at radius 3 is 2.46 bits per heavy atom. The lowest BCUT2D eigenvalue weighted by Crippen LogP contribution is -2.38. The van der Waals surface area contributed by atoms with Crippen molar-refractivity contribution in [2.45, 2.75) is 19.8 Å². The zero-order valence-corrected chi connectivity index (χ0v) is 15.2. The molecule has 0 spiro atoms. The lowest BCUT2D eigenvalue weighted by atomic mass is 10.1. The highest BCUT2D eigenvalue weighted by Crippen LogP contribution is 2.17. The summed E-state index contributed by atoms with van der Waals surface area (Å²) in [5.41, 5.74) is 1.07. The molecule has 0 aliphatic rings. The van der Waals surface area contributed by atoms with Crippen LogP contribution in [-0.4, -0.2) is 69.0 Å². The van der Waals surface area contributed by atoms with Gasteiger partial charge in [-0.15, -0.1) is 0 Å². The van der Waals surface area contributed by atoms with Crippen LogP contribution in [-0.2, 0) is 16.0 Å². The van der Waals surface area contributed by atoms with Crippen molar-refractivity contribution in [1.82, 2.24) is 15.1 Å². The van der Waals surface area contributed by atoms with Crippen molar-refractivity contribution in [3.05, 3.63) is 29.8 Å². The van der Waals surface area contributed by atoms with E-state index in [-0.39, 0.29) is 11.8 Å². The fraction of sp³-hybridized carbons (Fsp3) is 0.556. The van der Waals surface area contributed by atoms with Crippen LogP contribution in [0.1, 0.15) is 18.9 Å². The minimum Gasteiger partial charge on any atom is -0.496 e. The number of amides is 2. The smallest absolute Gasteiger partial charge is 0.221 e. The minimum atomic E-state index is -0.0407. The third-order valence-electron chi connectivity index (χ3n) is 3.78. The molecule has 1 aromatic carbocycles. The number of hydrogen-bond acceptors (Lipinski definition) is 4. The summed E-state index contributed by atoms with van der Waals surface area (Å²) in [6, 6.07) is 7.77. The molecule has 0 aliphatic carbocycles. The Morgan fingerprint density at radius 1 is 1.12 bits per heavy atom. The lowest BCUT2D eigenvalue weighted by Gasteiger charge is -2.22. The number of para-hydroxylation sites is 1. The standard InChI is InChI=1S/C18H29N3O3/c1-15(22)21(14-13-20(2)3)12-10-18(23)19-11-9-16-7-5-6-8-17(16)24-4/h5-8H,9-14H2,1-4H3,(H,19,23). The number of rotatable bonds is 10. The van der Waals surface area contributed by atoms with Crippen molar-refractivity contribution in [2.24, 2.45) is 0 Å². The van der Waals surface area contributed by atoms with E-state index in [1.807, 2.05) is 43.3 Å². The Kier molecular flexibility index (Phi) is 8.86. The summed E-state index contributed by atoms with van der Waals surface area (Å²) in [7, 11) is 5.56. The summed E-state index contributed by atoms with van der Waals surface area (Å²) in [5, 5.41) is 2.90. The first-order chi connectivity index (χ1) is 11.4. The molecule has 0 aromatic heterocycles. The summed E-state index contributed by atoms with van der Waals surface area (Å²) in [6.07, 6.45) is 1.03. The molecular formula is C18H29N3O3. The maximum absolute atomic E-state index is 12.0. The van der Waals surface area contributed by atoms with Crippen LogP contribution in [0.25, 0.3) is 0 Å². The molecule has 0 bridgehead atoms. The third-order valence-corrected chi connectivity index (χ3v) is 3.78. The van der Waals surface area contributed by atoms with Gasteiger partial charge in [0.15, 0.2) is 0 Å². The maximum Gasteiger partial charge on any atom is 0.221 e. The van der Waals surface area contributed by atoms with E-state index in [9.17, 15) is 9.59 Å². The molecular weight excluding hydrogens is 306 g/mol. The molecule has 134 valence electrons. The quantitative estimate of drug-likeness (QED) is 0.697. The van der Waals surface area contributed by atoms with Gasteiger partial charge in [0.1, 0.15) is 5.75 Å². The molecule has 1 rings (SSSR count). The molecule has 0 aliphatic heterocycles. The molecule has 0 fully saturated rings. The van der Waals surface area contributed by atoms with Gasteiger partial charge in [-0.1, -0.05) is 18.2 Å². The van der Waals surface area contributed by atoms with Crippen LogP contribution >= 0.6 is 0 Å². The highest BCUT2D eigenvalue weighted by Gasteiger charge is 2.11. The zero-order chi connectivity index (χ0) is 17.9. The van der Waals surface area contributed by atoms with E-state index in [0.717, 1.165) is 17.9 Å². The number of nitrogens with one attached hydrogen (secondary N) is 1. The normalized spacial score (nSPS) is 10.5. The topological polar surface area (TPSA) is 61.9 Å². The number of methoxy groups -OCH3 is 1. The SMILES string of the molecule is COc1ccccc1CCNC(=O)CCN(CCN(C)C)C(C)=O. The van der Waals surface area contributed by atoms with Gasteiger partial charge in [-0.25, -0.2) is 0 Å². The van der Waals surface area contributed by atoms with Crippen molar-refractivity contribution in [2.75, 3.05) is 47.4 Å². The minimum absolute atomic E-state index is 0.00123. The molecule has 0 unspecified atom stereocenters. The van der Waals surface area contributed by atoms with Crippen LogP contribution in [0.5, 0.6) is 5.75 Å². The first kappa shape index (κ1) is 20.0. The maximum atomic E-state index is 12.0. The van der Waals surface area contributed by atoms with Crippen LogP contribution in [0.15, 0.2) is 24.3 Å². The molecule has 0 radical (unpaired) electrons. The molecule has 2 amide bonds. The molecule has 24 heavy (non-hydrogen) atoms. The van der Waals surface area contributed by atoms with E-state index < -0.39 is 0 Å². The van der Waals surface area contributed by atoms with Crippen LogP contribution in [0.2, 0.25) is 0 Å². The predicted molar refractivity (Wildman–Crippen MR) is 95.1 cm³/mol. The average molecular weight is 335 g/mol. The number of likely N-dealkylation sites (N-methyl/N-ethyl adjacent to an activating group) is 1. The summed E-state index contributed by atoms with van der Waals surface area (Å²) in [5.74, 6) is 0.790. The summed E-state index contributed by atoms with van der Waals surface area (Å²) >= 11 is 0. The van der Waals surface area contributed by atoms with Gasteiger partial charge in [-0.2, -0.15) is 0 Å². The van der Waals surface area contributed by atoms with Crippen molar-refractivity contribution in [3.63, 3.8) is 0 Å². The fourth-order valence-corrected chi connectivity index (χ4v) is 2.32. The second-order valence-corrected chi connectivity index (χ2v) is 5.97. The van der Waals surface area contributed by atoms with Crippen LogP contribution in [0.4, 0.5) is 0 Å². The molecule has 1 aromatic rings. The Labute approximate surface area is 144 Å². The van der Waals surface area contributed by atoms with Crippen molar-refractivity contribution in [1.29, 1.82) is 0 Å². The van der Waals surface area contributed by atoms with Crippen molar-refractivity contribution in [3.8, 4) is 5.75 Å². The molecule has 0 heterocycles. The van der Waals surface area contributed by atoms with Gasteiger partial charge in [0, 0.05) is 39.5 Å². The Bertz CT molecular complexity index is 532. The highest BCUT2D eigenvalue weighted by atomic mass is 16.5. The molecule has 0 saturated heterocycles. The second kappa shape index (κ2) is 10.6. The number of carbonyl (C=O) groups is 2. The first-order valence-electron chi connectivity index (χ1n) is 8.23. The van der Waals surface area contributed by atoms with E-state index in [0.29, 0.717) is 32.5 Å². The molecule has 0 saturated carbocycles.